The monoisotopic (exact) mass is 414 g/mol. The van der Waals surface area contributed by atoms with Crippen LogP contribution in [0.15, 0.2) is 54.6 Å². The fourth-order valence-corrected chi connectivity index (χ4v) is 3.78. The van der Waals surface area contributed by atoms with Gasteiger partial charge in [-0.05, 0) is 61.1 Å². The highest BCUT2D eigenvalue weighted by Gasteiger charge is 2.14. The van der Waals surface area contributed by atoms with E-state index in [0.29, 0.717) is 59.4 Å². The van der Waals surface area contributed by atoms with E-state index >= 15 is 4.39 Å². The molecule has 0 aliphatic rings. The summed E-state index contributed by atoms with van der Waals surface area (Å²) in [5, 5.41) is 18.8. The summed E-state index contributed by atoms with van der Waals surface area (Å²) in [6.07, 6.45) is 1.90. The van der Waals surface area contributed by atoms with E-state index in [1.165, 1.54) is 0 Å². The molecule has 0 N–H and O–H groups in total. The standard InChI is InChI=1S/C26H23FN2O2/c1-30-24-10-4-8-20(16-28)22(24)14-12-18-6-3-7-19(26(18)27)13-15-23-21(17-29)9-5-11-25(23)31-2/h3-11H,12-15H2,1-2H3. The van der Waals surface area contributed by atoms with Crippen molar-refractivity contribution in [3.63, 3.8) is 0 Å². The van der Waals surface area contributed by atoms with Crippen LogP contribution in [0.2, 0.25) is 0 Å². The molecule has 0 fully saturated rings. The lowest BCUT2D eigenvalue weighted by Crippen LogP contribution is -2.04. The Morgan fingerprint density at radius 3 is 1.48 bits per heavy atom. The molecule has 0 spiro atoms. The van der Waals surface area contributed by atoms with Gasteiger partial charge in [-0.3, -0.25) is 0 Å². The van der Waals surface area contributed by atoms with E-state index in [1.54, 1.807) is 50.6 Å². The van der Waals surface area contributed by atoms with Crippen molar-refractivity contribution >= 4 is 0 Å². The van der Waals surface area contributed by atoms with E-state index in [-0.39, 0.29) is 5.82 Å². The molecule has 3 aromatic rings. The van der Waals surface area contributed by atoms with Crippen molar-refractivity contribution in [2.75, 3.05) is 14.2 Å². The lowest BCUT2D eigenvalue weighted by atomic mass is 9.95. The Bertz CT molecular complexity index is 1070. The summed E-state index contributed by atoms with van der Waals surface area (Å²) in [5.74, 6) is 1.02. The zero-order valence-corrected chi connectivity index (χ0v) is 17.6. The third-order valence-corrected chi connectivity index (χ3v) is 5.39. The van der Waals surface area contributed by atoms with Crippen molar-refractivity contribution in [1.82, 2.24) is 0 Å². The summed E-state index contributed by atoms with van der Waals surface area (Å²) in [6, 6.07) is 20.4. The number of rotatable bonds is 8. The number of hydrogen-bond acceptors (Lipinski definition) is 4. The van der Waals surface area contributed by atoms with E-state index in [0.717, 1.165) is 11.1 Å². The molecule has 0 radical (unpaired) electrons. The third-order valence-electron chi connectivity index (χ3n) is 5.39. The first kappa shape index (κ1) is 21.9. The van der Waals surface area contributed by atoms with Gasteiger partial charge in [0.2, 0.25) is 0 Å². The highest BCUT2D eigenvalue weighted by atomic mass is 19.1. The van der Waals surface area contributed by atoms with Crippen molar-refractivity contribution in [3.05, 3.63) is 93.8 Å². The Morgan fingerprint density at radius 2 is 1.10 bits per heavy atom. The van der Waals surface area contributed by atoms with Crippen LogP contribution in [-0.4, -0.2) is 14.2 Å². The fourth-order valence-electron chi connectivity index (χ4n) is 3.78. The van der Waals surface area contributed by atoms with Crippen LogP contribution in [0.5, 0.6) is 11.5 Å². The number of hydrogen-bond donors (Lipinski definition) is 0. The maximum atomic E-state index is 15.2. The molecule has 156 valence electrons. The Morgan fingerprint density at radius 1 is 0.677 bits per heavy atom. The Hall–Kier alpha value is -3.83. The number of ether oxygens (including phenoxy) is 2. The second-order valence-electron chi connectivity index (χ2n) is 7.09. The topological polar surface area (TPSA) is 66.0 Å². The Balaban J connectivity index is 1.80. The van der Waals surface area contributed by atoms with Gasteiger partial charge in [-0.15, -0.1) is 0 Å². The van der Waals surface area contributed by atoms with Crippen molar-refractivity contribution in [2.24, 2.45) is 0 Å². The summed E-state index contributed by atoms with van der Waals surface area (Å²) in [4.78, 5) is 0. The normalized spacial score (nSPS) is 10.2. The summed E-state index contributed by atoms with van der Waals surface area (Å²) < 4.78 is 26.0. The summed E-state index contributed by atoms with van der Waals surface area (Å²) in [6.45, 7) is 0. The largest absolute Gasteiger partial charge is 0.496 e. The lowest BCUT2D eigenvalue weighted by molar-refractivity contribution is 0.409. The van der Waals surface area contributed by atoms with E-state index in [9.17, 15) is 10.5 Å². The number of methoxy groups -OCH3 is 2. The van der Waals surface area contributed by atoms with Crippen molar-refractivity contribution < 1.29 is 13.9 Å². The molecule has 3 rings (SSSR count). The van der Waals surface area contributed by atoms with Crippen LogP contribution in [0.4, 0.5) is 4.39 Å². The third kappa shape index (κ3) is 4.85. The van der Waals surface area contributed by atoms with Crippen LogP contribution in [0.1, 0.15) is 33.4 Å². The second-order valence-corrected chi connectivity index (χ2v) is 7.09. The molecule has 5 heteroatoms. The Labute approximate surface area is 182 Å². The fraction of sp³-hybridized carbons (Fsp3) is 0.231. The summed E-state index contributed by atoms with van der Waals surface area (Å²) >= 11 is 0. The molecule has 0 aliphatic heterocycles. The molecule has 0 aliphatic carbocycles. The summed E-state index contributed by atoms with van der Waals surface area (Å²) in [7, 11) is 3.13. The van der Waals surface area contributed by atoms with Gasteiger partial charge >= 0.3 is 0 Å². The van der Waals surface area contributed by atoms with Crippen LogP contribution >= 0.6 is 0 Å². The number of nitrogens with zero attached hydrogens (tertiary/aromatic N) is 2. The maximum Gasteiger partial charge on any atom is 0.129 e. The van der Waals surface area contributed by atoms with Gasteiger partial charge in [-0.2, -0.15) is 10.5 Å². The van der Waals surface area contributed by atoms with E-state index in [4.69, 9.17) is 9.47 Å². The quantitative estimate of drug-likeness (QED) is 0.511. The van der Waals surface area contributed by atoms with E-state index in [2.05, 4.69) is 12.1 Å². The predicted octanol–water partition coefficient (Wildman–Crippen LogP) is 5.16. The number of benzene rings is 3. The first-order valence-electron chi connectivity index (χ1n) is 10.0. The first-order chi connectivity index (χ1) is 15.1. The average molecular weight is 414 g/mol. The molecule has 31 heavy (non-hydrogen) atoms. The zero-order chi connectivity index (χ0) is 22.2. The van der Waals surface area contributed by atoms with E-state index in [1.807, 2.05) is 18.2 Å². The molecular weight excluding hydrogens is 391 g/mol. The lowest BCUT2D eigenvalue weighted by Gasteiger charge is -2.13. The van der Waals surface area contributed by atoms with Gasteiger partial charge in [0.05, 0.1) is 37.5 Å². The molecular formula is C26H23FN2O2. The van der Waals surface area contributed by atoms with Crippen molar-refractivity contribution in [2.45, 2.75) is 25.7 Å². The van der Waals surface area contributed by atoms with Gasteiger partial charge in [0.25, 0.3) is 0 Å². The van der Waals surface area contributed by atoms with Gasteiger partial charge in [0.15, 0.2) is 0 Å². The smallest absolute Gasteiger partial charge is 0.129 e. The number of halogens is 1. The first-order valence-corrected chi connectivity index (χ1v) is 10.0. The van der Waals surface area contributed by atoms with Crippen LogP contribution in [0.3, 0.4) is 0 Å². The zero-order valence-electron chi connectivity index (χ0n) is 17.6. The number of aryl methyl sites for hydroxylation is 2. The molecule has 3 aromatic carbocycles. The molecule has 0 heterocycles. The highest BCUT2D eigenvalue weighted by molar-refractivity contribution is 5.48. The second kappa shape index (κ2) is 10.3. The SMILES string of the molecule is COc1cccc(C#N)c1CCc1cccc(CCc2c(C#N)cccc2OC)c1F. The van der Waals surface area contributed by atoms with Gasteiger partial charge in [0, 0.05) is 11.1 Å². The Kier molecular flexibility index (Phi) is 7.25. The van der Waals surface area contributed by atoms with E-state index < -0.39 is 0 Å². The van der Waals surface area contributed by atoms with Crippen LogP contribution in [0.25, 0.3) is 0 Å². The predicted molar refractivity (Wildman–Crippen MR) is 117 cm³/mol. The van der Waals surface area contributed by atoms with Gasteiger partial charge < -0.3 is 9.47 Å². The van der Waals surface area contributed by atoms with Crippen LogP contribution in [-0.2, 0) is 25.7 Å². The molecule has 4 nitrogen and oxygen atoms in total. The van der Waals surface area contributed by atoms with Gasteiger partial charge in [0.1, 0.15) is 17.3 Å². The molecule has 0 unspecified atom stereocenters. The van der Waals surface area contributed by atoms with Gasteiger partial charge in [-0.25, -0.2) is 4.39 Å². The maximum absolute atomic E-state index is 15.2. The molecule has 0 atom stereocenters. The van der Waals surface area contributed by atoms with Gasteiger partial charge in [-0.1, -0.05) is 30.3 Å². The molecule has 0 bridgehead atoms. The van der Waals surface area contributed by atoms with Crippen molar-refractivity contribution in [3.8, 4) is 23.6 Å². The van der Waals surface area contributed by atoms with Crippen molar-refractivity contribution in [1.29, 1.82) is 10.5 Å². The molecule has 0 saturated carbocycles. The van der Waals surface area contributed by atoms with Crippen LogP contribution in [0, 0.1) is 28.5 Å². The number of nitriles is 2. The average Bonchev–Trinajstić information content (AvgIpc) is 2.82. The van der Waals surface area contributed by atoms with Crippen LogP contribution < -0.4 is 9.47 Å². The highest BCUT2D eigenvalue weighted by Crippen LogP contribution is 2.27. The molecule has 0 saturated heterocycles. The molecule has 0 amide bonds. The molecule has 0 aromatic heterocycles. The minimum Gasteiger partial charge on any atom is -0.496 e. The minimum absolute atomic E-state index is 0.246. The summed E-state index contributed by atoms with van der Waals surface area (Å²) in [5.41, 5.74) is 3.82. The minimum atomic E-state index is -0.246.